The van der Waals surface area contributed by atoms with E-state index in [0.717, 1.165) is 32.7 Å². The lowest BCUT2D eigenvalue weighted by Crippen LogP contribution is -2.41. The summed E-state index contributed by atoms with van der Waals surface area (Å²) in [6.45, 7) is -0.491. The quantitative estimate of drug-likeness (QED) is 0.273. The molecule has 1 aromatic heterocycles. The number of nitro groups is 1. The molecule has 2 aromatic carbocycles. The predicted octanol–water partition coefficient (Wildman–Crippen LogP) is 3.44. The molecular weight excluding hydrogens is 520 g/mol. The molecule has 2 heterocycles. The number of benzene rings is 2. The van der Waals surface area contributed by atoms with Crippen LogP contribution in [0.3, 0.4) is 0 Å². The number of ether oxygens (including phenoxy) is 1. The average molecular weight is 539 g/mol. The molecule has 1 amide bonds. The zero-order chi connectivity index (χ0) is 25.2. The van der Waals surface area contributed by atoms with E-state index >= 15 is 0 Å². The number of aromatic nitrogens is 1. The molecule has 1 saturated heterocycles. The Bertz CT molecular complexity index is 1370. The normalized spacial score (nSPS) is 15.1. The van der Waals surface area contributed by atoms with Gasteiger partial charge in [-0.15, -0.1) is 0 Å². The van der Waals surface area contributed by atoms with Crippen LogP contribution in [0.5, 0.6) is 0 Å². The Labute approximate surface area is 208 Å². The smallest absolute Gasteiger partial charge is 0.309 e. The lowest BCUT2D eigenvalue weighted by atomic mass is 9.98. The Kier molecular flexibility index (Phi) is 7.31. The van der Waals surface area contributed by atoms with Gasteiger partial charge in [0.05, 0.1) is 26.1 Å². The van der Waals surface area contributed by atoms with Gasteiger partial charge in [0.1, 0.15) is 4.90 Å². The van der Waals surface area contributed by atoms with Crippen molar-refractivity contribution in [1.82, 2.24) is 9.29 Å². The van der Waals surface area contributed by atoms with Gasteiger partial charge in [-0.05, 0) is 31.0 Å². The molecule has 3 aromatic rings. The minimum Gasteiger partial charge on any atom is -0.455 e. The van der Waals surface area contributed by atoms with E-state index in [2.05, 4.69) is 10.3 Å². The lowest BCUT2D eigenvalue weighted by Gasteiger charge is -2.30. The predicted molar refractivity (Wildman–Crippen MR) is 129 cm³/mol. The van der Waals surface area contributed by atoms with Crippen molar-refractivity contribution in [1.29, 1.82) is 0 Å². The molecule has 0 aliphatic carbocycles. The maximum atomic E-state index is 13.0. The van der Waals surface area contributed by atoms with Crippen molar-refractivity contribution >= 4 is 65.9 Å². The number of anilines is 1. The van der Waals surface area contributed by atoms with E-state index in [1.165, 1.54) is 11.3 Å². The van der Waals surface area contributed by atoms with Gasteiger partial charge in [0, 0.05) is 25.2 Å². The van der Waals surface area contributed by atoms with Gasteiger partial charge < -0.3 is 4.74 Å². The van der Waals surface area contributed by atoms with Crippen LogP contribution in [0.4, 0.5) is 10.8 Å². The van der Waals surface area contributed by atoms with Gasteiger partial charge in [-0.25, -0.2) is 13.4 Å². The number of amides is 1. The van der Waals surface area contributed by atoms with Crippen molar-refractivity contribution in [2.45, 2.75) is 17.7 Å². The Morgan fingerprint density at radius 3 is 2.63 bits per heavy atom. The molecule has 0 bridgehead atoms. The first-order valence-electron chi connectivity index (χ1n) is 10.4. The van der Waals surface area contributed by atoms with Crippen LogP contribution in [-0.4, -0.2) is 54.2 Å². The number of piperidine rings is 1. The van der Waals surface area contributed by atoms with E-state index < -0.39 is 45.0 Å². The topological polar surface area (TPSA) is 149 Å². The number of hydrogen-bond acceptors (Lipinski definition) is 9. The number of hydrogen-bond donors (Lipinski definition) is 1. The summed E-state index contributed by atoms with van der Waals surface area (Å²) in [6.07, 6.45) is 0.341. The Balaban J connectivity index is 1.30. The molecule has 4 rings (SSSR count). The maximum absolute atomic E-state index is 13.0. The number of fused-ring (bicyclic) bond motifs is 1. The molecule has 14 heteroatoms. The van der Waals surface area contributed by atoms with Gasteiger partial charge in [0.2, 0.25) is 10.0 Å². The summed E-state index contributed by atoms with van der Waals surface area (Å²) in [5.41, 5.74) is 0.355. The maximum Gasteiger partial charge on any atom is 0.309 e. The van der Waals surface area contributed by atoms with Crippen molar-refractivity contribution in [3.8, 4) is 0 Å². The molecule has 0 saturated carbocycles. The average Bonchev–Trinajstić information content (AvgIpc) is 3.24. The zero-order valence-electron chi connectivity index (χ0n) is 18.0. The van der Waals surface area contributed by atoms with Crippen molar-refractivity contribution in [2.75, 3.05) is 25.0 Å². The number of non-ortho nitro benzene ring substituents is 1. The third kappa shape index (κ3) is 5.59. The van der Waals surface area contributed by atoms with E-state index in [4.69, 9.17) is 16.3 Å². The van der Waals surface area contributed by atoms with Crippen molar-refractivity contribution in [2.24, 2.45) is 5.92 Å². The van der Waals surface area contributed by atoms with Crippen LogP contribution in [0.15, 0.2) is 47.4 Å². The number of thiazole rings is 1. The third-order valence-electron chi connectivity index (χ3n) is 5.42. The SMILES string of the molecule is O=C(COC(=O)C1CCN(S(=O)(=O)c2cc([N+](=O)[O-])ccc2Cl)CC1)Nc1nc2ccccc2s1. The molecule has 1 fully saturated rings. The van der Waals surface area contributed by atoms with Crippen LogP contribution < -0.4 is 5.32 Å². The van der Waals surface area contributed by atoms with Crippen LogP contribution in [0.25, 0.3) is 10.2 Å². The molecule has 1 N–H and O–H groups in total. The summed E-state index contributed by atoms with van der Waals surface area (Å²) in [7, 11) is -4.09. The second-order valence-electron chi connectivity index (χ2n) is 7.69. The van der Waals surface area contributed by atoms with Gasteiger partial charge in [-0.2, -0.15) is 4.31 Å². The zero-order valence-corrected chi connectivity index (χ0v) is 20.4. The first-order valence-corrected chi connectivity index (χ1v) is 13.0. The fourth-order valence-electron chi connectivity index (χ4n) is 3.61. The highest BCUT2D eigenvalue weighted by Crippen LogP contribution is 2.31. The molecule has 1 aliphatic rings. The second-order valence-corrected chi connectivity index (χ2v) is 11.0. The van der Waals surface area contributed by atoms with Crippen LogP contribution in [0.2, 0.25) is 5.02 Å². The van der Waals surface area contributed by atoms with Crippen LogP contribution in [0.1, 0.15) is 12.8 Å². The molecule has 184 valence electrons. The van der Waals surface area contributed by atoms with Gasteiger partial charge in [0.25, 0.3) is 11.6 Å². The minimum atomic E-state index is -4.09. The fourth-order valence-corrected chi connectivity index (χ4v) is 6.46. The van der Waals surface area contributed by atoms with Gasteiger partial charge >= 0.3 is 5.97 Å². The van der Waals surface area contributed by atoms with E-state index in [0.29, 0.717) is 5.13 Å². The van der Waals surface area contributed by atoms with E-state index in [-0.39, 0.29) is 35.8 Å². The molecule has 0 atom stereocenters. The molecule has 0 unspecified atom stereocenters. The van der Waals surface area contributed by atoms with E-state index in [1.54, 1.807) is 0 Å². The summed E-state index contributed by atoms with van der Waals surface area (Å²) in [5, 5.41) is 13.9. The summed E-state index contributed by atoms with van der Waals surface area (Å²) in [5.74, 6) is -1.72. The molecule has 0 spiro atoms. The molecule has 35 heavy (non-hydrogen) atoms. The number of para-hydroxylation sites is 1. The summed E-state index contributed by atoms with van der Waals surface area (Å²) in [6, 6.07) is 10.6. The highest BCUT2D eigenvalue weighted by Gasteiger charge is 2.34. The lowest BCUT2D eigenvalue weighted by molar-refractivity contribution is -0.385. The molecular formula is C21H19ClN4O7S2. The monoisotopic (exact) mass is 538 g/mol. The van der Waals surface area contributed by atoms with Crippen LogP contribution in [0, 0.1) is 16.0 Å². The summed E-state index contributed by atoms with van der Waals surface area (Å²) >= 11 is 7.29. The number of esters is 1. The number of sulfonamides is 1. The van der Waals surface area contributed by atoms with Crippen molar-refractivity contribution in [3.63, 3.8) is 0 Å². The molecule has 0 radical (unpaired) electrons. The number of nitrogens with zero attached hydrogens (tertiary/aromatic N) is 3. The Morgan fingerprint density at radius 2 is 1.94 bits per heavy atom. The molecule has 11 nitrogen and oxygen atoms in total. The number of halogens is 1. The molecule has 1 aliphatic heterocycles. The highest BCUT2D eigenvalue weighted by atomic mass is 35.5. The highest BCUT2D eigenvalue weighted by molar-refractivity contribution is 7.89. The summed E-state index contributed by atoms with van der Waals surface area (Å²) in [4.78, 5) is 38.8. The van der Waals surface area contributed by atoms with E-state index in [1.807, 2.05) is 24.3 Å². The number of nitrogens with one attached hydrogen (secondary N) is 1. The van der Waals surface area contributed by atoms with Gasteiger partial charge in [-0.1, -0.05) is 35.1 Å². The largest absolute Gasteiger partial charge is 0.455 e. The Morgan fingerprint density at radius 1 is 1.23 bits per heavy atom. The first-order chi connectivity index (χ1) is 16.6. The minimum absolute atomic E-state index is 0.000970. The number of carbonyl (C=O) groups is 2. The Hall–Kier alpha value is -3.13. The van der Waals surface area contributed by atoms with Crippen molar-refractivity contribution < 1.29 is 27.7 Å². The number of carbonyl (C=O) groups excluding carboxylic acids is 2. The first kappa shape index (κ1) is 25.0. The second kappa shape index (κ2) is 10.2. The van der Waals surface area contributed by atoms with E-state index in [9.17, 15) is 28.1 Å². The van der Waals surface area contributed by atoms with Gasteiger partial charge in [-0.3, -0.25) is 25.0 Å². The van der Waals surface area contributed by atoms with Crippen molar-refractivity contribution in [3.05, 3.63) is 57.6 Å². The summed E-state index contributed by atoms with van der Waals surface area (Å²) < 4.78 is 33.1. The van der Waals surface area contributed by atoms with Gasteiger partial charge in [0.15, 0.2) is 11.7 Å². The third-order valence-corrected chi connectivity index (χ3v) is 8.75. The number of nitro benzene ring substituents is 1. The standard InChI is InChI=1S/C21H19ClN4O7S2/c22-15-6-5-14(26(29)30)11-18(15)35(31,32)25-9-7-13(8-10-25)20(28)33-12-19(27)24-21-23-16-3-1-2-4-17(16)34-21/h1-6,11,13H,7-10,12H2,(H,23,24,27). The number of rotatable bonds is 7. The van der Waals surface area contributed by atoms with Crippen LogP contribution in [-0.2, 0) is 24.3 Å². The fraction of sp³-hybridized carbons (Fsp3) is 0.286. The van der Waals surface area contributed by atoms with Crippen LogP contribution >= 0.6 is 22.9 Å².